The molecule has 0 fully saturated rings. The predicted octanol–water partition coefficient (Wildman–Crippen LogP) is 3.81. The van der Waals surface area contributed by atoms with Crippen LogP contribution in [0.15, 0.2) is 22.8 Å². The van der Waals surface area contributed by atoms with Crippen LogP contribution in [0.4, 0.5) is 0 Å². The molecule has 0 saturated heterocycles. The maximum absolute atomic E-state index is 8.67. The second-order valence-electron chi connectivity index (χ2n) is 4.58. The maximum Gasteiger partial charge on any atom is 0.0625 e. The van der Waals surface area contributed by atoms with Gasteiger partial charge in [-0.15, -0.1) is 0 Å². The van der Waals surface area contributed by atoms with Gasteiger partial charge < -0.3 is 4.57 Å². The Kier molecular flexibility index (Phi) is 2.68. The van der Waals surface area contributed by atoms with Gasteiger partial charge in [0.2, 0.25) is 0 Å². The van der Waals surface area contributed by atoms with Crippen molar-refractivity contribution < 1.29 is 0 Å². The van der Waals surface area contributed by atoms with Crippen LogP contribution in [0, 0.1) is 11.3 Å². The highest BCUT2D eigenvalue weighted by atomic mass is 79.9. The molecule has 0 radical (unpaired) electrons. The van der Waals surface area contributed by atoms with Gasteiger partial charge in [0, 0.05) is 29.0 Å². The van der Waals surface area contributed by atoms with Crippen molar-refractivity contribution in [2.75, 3.05) is 0 Å². The summed E-state index contributed by atoms with van der Waals surface area (Å²) in [5.41, 5.74) is 4.10. The standard InChI is InChI=1S/C14H13BrN2/c15-13-9-17-6-2-4-11-7-10(3-1-5-16)8-12(13)14(11)17/h7-9H,1-4,6H2. The summed E-state index contributed by atoms with van der Waals surface area (Å²) in [5.74, 6) is 0. The molecule has 17 heavy (non-hydrogen) atoms. The van der Waals surface area contributed by atoms with Gasteiger partial charge in [0.05, 0.1) is 11.6 Å². The first kappa shape index (κ1) is 10.9. The van der Waals surface area contributed by atoms with Gasteiger partial charge in [-0.05, 0) is 52.4 Å². The van der Waals surface area contributed by atoms with Crippen molar-refractivity contribution in [1.29, 1.82) is 5.26 Å². The van der Waals surface area contributed by atoms with E-state index >= 15 is 0 Å². The van der Waals surface area contributed by atoms with Gasteiger partial charge >= 0.3 is 0 Å². The minimum atomic E-state index is 0.600. The van der Waals surface area contributed by atoms with Crippen LogP contribution in [0.5, 0.6) is 0 Å². The average Bonchev–Trinajstić information content (AvgIpc) is 2.66. The summed E-state index contributed by atoms with van der Waals surface area (Å²) in [5, 5.41) is 9.97. The summed E-state index contributed by atoms with van der Waals surface area (Å²) in [6.45, 7) is 1.12. The van der Waals surface area contributed by atoms with Crippen molar-refractivity contribution in [3.05, 3.63) is 33.9 Å². The monoisotopic (exact) mass is 288 g/mol. The molecule has 0 N–H and O–H groups in total. The lowest BCUT2D eigenvalue weighted by Gasteiger charge is -2.16. The number of hydrogen-bond donors (Lipinski definition) is 0. The van der Waals surface area contributed by atoms with E-state index in [4.69, 9.17) is 5.26 Å². The lowest BCUT2D eigenvalue weighted by Crippen LogP contribution is -2.06. The van der Waals surface area contributed by atoms with Gasteiger partial charge in [-0.2, -0.15) is 5.26 Å². The van der Waals surface area contributed by atoms with Crippen molar-refractivity contribution in [3.8, 4) is 6.07 Å². The first-order valence-electron chi connectivity index (χ1n) is 5.96. The largest absolute Gasteiger partial charge is 0.346 e. The SMILES string of the molecule is N#CCCc1cc2c3c(c1)c(Br)cn3CCC2. The van der Waals surface area contributed by atoms with E-state index in [0.717, 1.165) is 19.4 Å². The van der Waals surface area contributed by atoms with Crippen molar-refractivity contribution in [2.24, 2.45) is 0 Å². The van der Waals surface area contributed by atoms with Crippen LogP contribution in [0.3, 0.4) is 0 Å². The number of nitrogens with zero attached hydrogens (tertiary/aromatic N) is 2. The van der Waals surface area contributed by atoms with Crippen LogP contribution in [-0.4, -0.2) is 4.57 Å². The zero-order valence-corrected chi connectivity index (χ0v) is 11.1. The lowest BCUT2D eigenvalue weighted by atomic mass is 9.98. The summed E-state index contributed by atoms with van der Waals surface area (Å²) < 4.78 is 3.52. The normalized spacial score (nSPS) is 13.9. The van der Waals surface area contributed by atoms with E-state index in [1.165, 1.54) is 32.9 Å². The number of benzene rings is 1. The first-order valence-corrected chi connectivity index (χ1v) is 6.76. The fourth-order valence-corrected chi connectivity index (χ4v) is 3.25. The Labute approximate surface area is 109 Å². The third-order valence-electron chi connectivity index (χ3n) is 3.43. The molecule has 3 heteroatoms. The van der Waals surface area contributed by atoms with Crippen molar-refractivity contribution in [2.45, 2.75) is 32.2 Å². The number of nitriles is 1. The summed E-state index contributed by atoms with van der Waals surface area (Å²) in [6, 6.07) is 6.72. The van der Waals surface area contributed by atoms with Gasteiger partial charge in [0.1, 0.15) is 0 Å². The number of rotatable bonds is 2. The van der Waals surface area contributed by atoms with Gasteiger partial charge in [-0.1, -0.05) is 6.07 Å². The molecule has 2 aromatic rings. The Hall–Kier alpha value is -1.27. The zero-order chi connectivity index (χ0) is 11.8. The fraction of sp³-hybridized carbons (Fsp3) is 0.357. The molecule has 1 aliphatic rings. The second kappa shape index (κ2) is 4.19. The van der Waals surface area contributed by atoms with Crippen molar-refractivity contribution in [3.63, 3.8) is 0 Å². The molecule has 1 aromatic carbocycles. The van der Waals surface area contributed by atoms with Crippen LogP contribution in [-0.2, 0) is 19.4 Å². The second-order valence-corrected chi connectivity index (χ2v) is 5.44. The van der Waals surface area contributed by atoms with Crippen LogP contribution >= 0.6 is 15.9 Å². The summed E-state index contributed by atoms with van der Waals surface area (Å²) in [4.78, 5) is 0. The molecule has 0 atom stereocenters. The molecule has 0 saturated carbocycles. The minimum absolute atomic E-state index is 0.600. The van der Waals surface area contributed by atoms with Crippen molar-refractivity contribution in [1.82, 2.24) is 4.57 Å². The Morgan fingerprint density at radius 3 is 3.12 bits per heavy atom. The van der Waals surface area contributed by atoms with Crippen LogP contribution in [0.2, 0.25) is 0 Å². The van der Waals surface area contributed by atoms with Crippen LogP contribution < -0.4 is 0 Å². The van der Waals surface area contributed by atoms with Crippen LogP contribution in [0.25, 0.3) is 10.9 Å². The molecule has 2 nitrogen and oxygen atoms in total. The van der Waals surface area contributed by atoms with E-state index in [-0.39, 0.29) is 0 Å². The van der Waals surface area contributed by atoms with Gasteiger partial charge in [-0.25, -0.2) is 0 Å². The molecule has 86 valence electrons. The van der Waals surface area contributed by atoms with Gasteiger partial charge in [0.15, 0.2) is 0 Å². The summed E-state index contributed by atoms with van der Waals surface area (Å²) in [7, 11) is 0. The Bertz CT molecular complexity index is 619. The first-order chi connectivity index (χ1) is 8.29. The molecular formula is C14H13BrN2. The van der Waals surface area contributed by atoms with E-state index in [2.05, 4.69) is 44.9 Å². The quantitative estimate of drug-likeness (QED) is 0.826. The molecule has 0 aliphatic carbocycles. The molecule has 0 amide bonds. The topological polar surface area (TPSA) is 28.7 Å². The maximum atomic E-state index is 8.67. The zero-order valence-electron chi connectivity index (χ0n) is 9.54. The van der Waals surface area contributed by atoms with E-state index in [1.807, 2.05) is 0 Å². The number of halogens is 1. The van der Waals surface area contributed by atoms with Gasteiger partial charge in [0.25, 0.3) is 0 Å². The van der Waals surface area contributed by atoms with Crippen LogP contribution in [0.1, 0.15) is 24.0 Å². The Balaban J connectivity index is 2.18. The highest BCUT2D eigenvalue weighted by Crippen LogP contribution is 2.33. The average molecular weight is 289 g/mol. The van der Waals surface area contributed by atoms with E-state index < -0.39 is 0 Å². The molecule has 2 heterocycles. The summed E-state index contributed by atoms with van der Waals surface area (Å²) in [6.07, 6.45) is 6.01. The Morgan fingerprint density at radius 2 is 2.29 bits per heavy atom. The highest BCUT2D eigenvalue weighted by molar-refractivity contribution is 9.10. The predicted molar refractivity (Wildman–Crippen MR) is 71.9 cm³/mol. The molecule has 0 bridgehead atoms. The smallest absolute Gasteiger partial charge is 0.0625 e. The number of aryl methyl sites for hydroxylation is 3. The van der Waals surface area contributed by atoms with E-state index in [0.29, 0.717) is 6.42 Å². The molecule has 1 aromatic heterocycles. The van der Waals surface area contributed by atoms with E-state index in [9.17, 15) is 0 Å². The van der Waals surface area contributed by atoms with Crippen molar-refractivity contribution >= 4 is 26.8 Å². The highest BCUT2D eigenvalue weighted by Gasteiger charge is 2.16. The third kappa shape index (κ3) is 1.77. The molecule has 0 spiro atoms. The van der Waals surface area contributed by atoms with E-state index in [1.54, 1.807) is 0 Å². The molecule has 3 rings (SSSR count). The third-order valence-corrected chi connectivity index (χ3v) is 4.06. The summed E-state index contributed by atoms with van der Waals surface area (Å²) >= 11 is 3.64. The molecule has 0 unspecified atom stereocenters. The van der Waals surface area contributed by atoms with Gasteiger partial charge in [-0.3, -0.25) is 0 Å². The molecule has 1 aliphatic heterocycles. The lowest BCUT2D eigenvalue weighted by molar-refractivity contribution is 0.635. The minimum Gasteiger partial charge on any atom is -0.346 e. The molecular weight excluding hydrogens is 276 g/mol. The number of aromatic nitrogens is 1. The number of hydrogen-bond acceptors (Lipinski definition) is 1. The Morgan fingerprint density at radius 1 is 1.41 bits per heavy atom. The fourth-order valence-electron chi connectivity index (χ4n) is 2.70.